The van der Waals surface area contributed by atoms with E-state index in [0.29, 0.717) is 37.1 Å². The van der Waals surface area contributed by atoms with Crippen molar-refractivity contribution in [1.29, 1.82) is 0 Å². The van der Waals surface area contributed by atoms with Crippen molar-refractivity contribution in [1.82, 2.24) is 35.2 Å². The number of hydrogen-bond donors (Lipinski definition) is 2. The number of carbonyl (C=O) groups is 2. The molecule has 2 N–H and O–H groups in total. The van der Waals surface area contributed by atoms with Gasteiger partial charge in [-0.15, -0.1) is 0 Å². The highest BCUT2D eigenvalue weighted by molar-refractivity contribution is 5.96. The lowest BCUT2D eigenvalue weighted by molar-refractivity contribution is 0.0342. The van der Waals surface area contributed by atoms with Crippen LogP contribution in [-0.4, -0.2) is 88.9 Å². The first-order chi connectivity index (χ1) is 24.1. The van der Waals surface area contributed by atoms with Gasteiger partial charge in [0.2, 0.25) is 5.88 Å². The summed E-state index contributed by atoms with van der Waals surface area (Å²) in [5.41, 5.74) is 5.83. The number of ether oxygens (including phenoxy) is 2. The topological polar surface area (TPSA) is 114 Å². The van der Waals surface area contributed by atoms with Crippen LogP contribution in [0.25, 0.3) is 11.1 Å². The molecule has 50 heavy (non-hydrogen) atoms. The van der Waals surface area contributed by atoms with Gasteiger partial charge >= 0.3 is 0 Å². The molecule has 1 aliphatic heterocycles. The molecule has 264 valence electrons. The maximum absolute atomic E-state index is 14.4. The van der Waals surface area contributed by atoms with E-state index in [2.05, 4.69) is 62.8 Å². The summed E-state index contributed by atoms with van der Waals surface area (Å²) in [5.74, 6) is -0.762. The quantitative estimate of drug-likeness (QED) is 0.225. The maximum atomic E-state index is 14.4. The smallest absolute Gasteiger partial charge is 0.272 e. The molecule has 0 bridgehead atoms. The highest BCUT2D eigenvalue weighted by Crippen LogP contribution is 2.32. The number of aryl methyl sites for hydroxylation is 2. The molecule has 1 aliphatic carbocycles. The van der Waals surface area contributed by atoms with E-state index in [1.165, 1.54) is 11.1 Å². The van der Waals surface area contributed by atoms with Crippen molar-refractivity contribution in [2.24, 2.45) is 7.05 Å². The van der Waals surface area contributed by atoms with Crippen molar-refractivity contribution in [3.63, 3.8) is 0 Å². The Morgan fingerprint density at radius 3 is 2.38 bits per heavy atom. The molecule has 2 aromatic carbocycles. The largest absolute Gasteiger partial charge is 0.438 e. The summed E-state index contributed by atoms with van der Waals surface area (Å²) in [4.78, 5) is 34.9. The van der Waals surface area contributed by atoms with Gasteiger partial charge in [-0.2, -0.15) is 5.10 Å². The molecule has 0 atom stereocenters. The van der Waals surface area contributed by atoms with Crippen molar-refractivity contribution in [3.05, 3.63) is 94.7 Å². The zero-order valence-corrected chi connectivity index (χ0v) is 29.2. The molecule has 2 aromatic heterocycles. The number of amides is 2. The van der Waals surface area contributed by atoms with Crippen LogP contribution in [0.3, 0.4) is 0 Å². The summed E-state index contributed by atoms with van der Waals surface area (Å²) < 4.78 is 27.9. The normalized spacial score (nSPS) is 18.2. The van der Waals surface area contributed by atoms with E-state index in [4.69, 9.17) is 9.47 Å². The van der Waals surface area contributed by atoms with Crippen molar-refractivity contribution < 1.29 is 23.5 Å². The average Bonchev–Trinajstić information content (AvgIpc) is 3.44. The maximum Gasteiger partial charge on any atom is 0.272 e. The standard InChI is InChI=1S/C38H46FN7O4/c1-25-18-35(43-45(25)4)37(48)42-31-11-9-30(10-12-31)41-36(47)34-21-29(39)22-40-38(34)50-32-7-5-6-27(20-32)33-13-8-26(23-44(2)3)19-28(33)24-46-14-16-49-17-15-46/h5-8,13,18-22,30-31H,9-12,14-17,23-24H2,1-4H3,(H,41,47)(H,42,48)/t30-,31+. The van der Waals surface area contributed by atoms with Crippen LogP contribution in [0, 0.1) is 12.7 Å². The number of hydrogen-bond acceptors (Lipinski definition) is 8. The Hall–Kier alpha value is -4.65. The van der Waals surface area contributed by atoms with Gasteiger partial charge in [-0.3, -0.25) is 19.2 Å². The molecule has 1 saturated carbocycles. The molecular formula is C38H46FN7O4. The molecule has 0 unspecified atom stereocenters. The first kappa shape index (κ1) is 35.2. The molecule has 2 amide bonds. The monoisotopic (exact) mass is 683 g/mol. The second-order valence-corrected chi connectivity index (χ2v) is 13.5. The minimum absolute atomic E-state index is 0.0152. The van der Waals surface area contributed by atoms with Gasteiger partial charge in [0.15, 0.2) is 0 Å². The molecule has 12 heteroatoms. The molecule has 4 aromatic rings. The Morgan fingerprint density at radius 2 is 1.70 bits per heavy atom. The fourth-order valence-electron chi connectivity index (χ4n) is 6.61. The van der Waals surface area contributed by atoms with Crippen LogP contribution in [-0.2, 0) is 24.9 Å². The van der Waals surface area contributed by atoms with Gasteiger partial charge in [-0.25, -0.2) is 9.37 Å². The van der Waals surface area contributed by atoms with Crippen LogP contribution < -0.4 is 15.4 Å². The van der Waals surface area contributed by atoms with Gasteiger partial charge in [0.1, 0.15) is 22.8 Å². The third-order valence-corrected chi connectivity index (χ3v) is 9.33. The number of pyridine rings is 1. The summed E-state index contributed by atoms with van der Waals surface area (Å²) in [6.45, 7) is 6.74. The fraction of sp³-hybridized carbons (Fsp3) is 0.421. The Morgan fingerprint density at radius 1 is 0.980 bits per heavy atom. The molecule has 1 saturated heterocycles. The molecule has 2 aliphatic rings. The summed E-state index contributed by atoms with van der Waals surface area (Å²) in [6, 6.07) is 17.0. The number of rotatable bonds is 11. The van der Waals surface area contributed by atoms with E-state index in [9.17, 15) is 14.0 Å². The highest BCUT2D eigenvalue weighted by Gasteiger charge is 2.27. The van der Waals surface area contributed by atoms with E-state index >= 15 is 0 Å². The van der Waals surface area contributed by atoms with Gasteiger partial charge in [-0.1, -0.05) is 30.3 Å². The lowest BCUT2D eigenvalue weighted by Gasteiger charge is -2.29. The van der Waals surface area contributed by atoms with E-state index < -0.39 is 11.7 Å². The predicted molar refractivity (Wildman–Crippen MR) is 189 cm³/mol. The number of halogens is 1. The third kappa shape index (κ3) is 8.92. The molecule has 3 heterocycles. The molecule has 11 nitrogen and oxygen atoms in total. The molecule has 2 fully saturated rings. The number of nitrogens with one attached hydrogen (secondary N) is 2. The van der Waals surface area contributed by atoms with Crippen molar-refractivity contribution in [3.8, 4) is 22.8 Å². The number of nitrogens with zero attached hydrogens (tertiary/aromatic N) is 5. The van der Waals surface area contributed by atoms with Crippen LogP contribution in [0.2, 0.25) is 0 Å². The first-order valence-electron chi connectivity index (χ1n) is 17.2. The van der Waals surface area contributed by atoms with Crippen molar-refractivity contribution in [2.45, 2.75) is 57.8 Å². The van der Waals surface area contributed by atoms with Crippen LogP contribution in [0.1, 0.15) is 63.4 Å². The lowest BCUT2D eigenvalue weighted by atomic mass is 9.91. The van der Waals surface area contributed by atoms with Crippen LogP contribution in [0.5, 0.6) is 11.6 Å². The summed E-state index contributed by atoms with van der Waals surface area (Å²) in [7, 11) is 5.93. The van der Waals surface area contributed by atoms with Gasteiger partial charge < -0.3 is 25.0 Å². The predicted octanol–water partition coefficient (Wildman–Crippen LogP) is 5.09. The number of benzene rings is 2. The summed E-state index contributed by atoms with van der Waals surface area (Å²) in [5, 5.41) is 10.4. The van der Waals surface area contributed by atoms with E-state index in [1.54, 1.807) is 23.9 Å². The van der Waals surface area contributed by atoms with Crippen molar-refractivity contribution >= 4 is 11.8 Å². The van der Waals surface area contributed by atoms with Crippen LogP contribution >= 0.6 is 0 Å². The average molecular weight is 684 g/mol. The molecule has 0 spiro atoms. The lowest BCUT2D eigenvalue weighted by Crippen LogP contribution is -2.44. The van der Waals surface area contributed by atoms with Crippen LogP contribution in [0.4, 0.5) is 4.39 Å². The Balaban J connectivity index is 1.13. The second-order valence-electron chi connectivity index (χ2n) is 13.5. The van der Waals surface area contributed by atoms with Crippen molar-refractivity contribution in [2.75, 3.05) is 40.4 Å². The second kappa shape index (κ2) is 15.9. The Labute approximate surface area is 292 Å². The van der Waals surface area contributed by atoms with Crippen LogP contribution in [0.15, 0.2) is 60.8 Å². The van der Waals surface area contributed by atoms with E-state index in [1.807, 2.05) is 25.1 Å². The van der Waals surface area contributed by atoms with Gasteiger partial charge in [0.05, 0.1) is 19.4 Å². The number of carbonyl (C=O) groups excluding carboxylic acids is 2. The Kier molecular flexibility index (Phi) is 11.2. The highest BCUT2D eigenvalue weighted by atomic mass is 19.1. The summed E-state index contributed by atoms with van der Waals surface area (Å²) >= 11 is 0. The minimum Gasteiger partial charge on any atom is -0.438 e. The zero-order chi connectivity index (χ0) is 35.2. The van der Waals surface area contributed by atoms with E-state index in [0.717, 1.165) is 68.5 Å². The van der Waals surface area contributed by atoms with Gasteiger partial charge in [-0.05, 0) is 93.2 Å². The SMILES string of the molecule is Cc1cc(C(=O)N[C@H]2CC[C@@H](NC(=O)c3cc(F)cnc3Oc3cccc(-c4ccc(CN(C)C)cc4CN4CCOCC4)c3)CC2)nn1C. The van der Waals surface area contributed by atoms with Gasteiger partial charge in [0.25, 0.3) is 11.8 Å². The molecular weight excluding hydrogens is 637 g/mol. The zero-order valence-electron chi connectivity index (χ0n) is 29.2. The Bertz CT molecular complexity index is 1790. The minimum atomic E-state index is -0.627. The molecule has 6 rings (SSSR count). The summed E-state index contributed by atoms with van der Waals surface area (Å²) in [6.07, 6.45) is 3.78. The number of morpholine rings is 1. The third-order valence-electron chi connectivity index (χ3n) is 9.33. The van der Waals surface area contributed by atoms with Gasteiger partial charge in [0, 0.05) is 51.0 Å². The van der Waals surface area contributed by atoms with E-state index in [-0.39, 0.29) is 29.4 Å². The number of aromatic nitrogens is 3. The fourth-order valence-corrected chi connectivity index (χ4v) is 6.61. The first-order valence-corrected chi connectivity index (χ1v) is 17.2. The molecule has 0 radical (unpaired) electrons.